The first-order chi connectivity index (χ1) is 8.06. The number of benzene rings is 1. The molecule has 0 aliphatic rings. The third kappa shape index (κ3) is 2.58. The molecule has 2 rings (SSSR count). The second kappa shape index (κ2) is 4.49. The van der Waals surface area contributed by atoms with Crippen LogP contribution in [0, 0.1) is 13.8 Å². The first kappa shape index (κ1) is 11.5. The molecule has 0 aliphatic heterocycles. The topological polar surface area (TPSA) is 47.8 Å². The zero-order valence-electron chi connectivity index (χ0n) is 10.3. The van der Waals surface area contributed by atoms with Gasteiger partial charge in [0.1, 0.15) is 5.69 Å². The zero-order valence-corrected chi connectivity index (χ0v) is 10.3. The summed E-state index contributed by atoms with van der Waals surface area (Å²) in [5, 5.41) is 7.47. The fourth-order valence-corrected chi connectivity index (χ4v) is 1.99. The summed E-state index contributed by atoms with van der Waals surface area (Å²) in [6.45, 7) is 4.07. The number of aromatic nitrogens is 3. The van der Waals surface area contributed by atoms with E-state index in [4.69, 9.17) is 0 Å². The summed E-state index contributed by atoms with van der Waals surface area (Å²) in [6.07, 6.45) is 1.90. The van der Waals surface area contributed by atoms with Gasteiger partial charge in [0.15, 0.2) is 5.78 Å². The van der Waals surface area contributed by atoms with E-state index in [1.165, 1.54) is 22.0 Å². The monoisotopic (exact) mass is 229 g/mol. The van der Waals surface area contributed by atoms with Crippen molar-refractivity contribution in [3.05, 3.63) is 46.8 Å². The van der Waals surface area contributed by atoms with E-state index in [0.29, 0.717) is 12.1 Å². The molecular formula is C13H15N3O. The molecule has 0 saturated carbocycles. The molecule has 1 aromatic carbocycles. The van der Waals surface area contributed by atoms with Crippen LogP contribution in [0.2, 0.25) is 0 Å². The lowest BCUT2D eigenvalue weighted by atomic mass is 10.0. The molecule has 88 valence electrons. The smallest absolute Gasteiger partial charge is 0.186 e. The van der Waals surface area contributed by atoms with Crippen molar-refractivity contribution in [2.24, 2.45) is 7.05 Å². The van der Waals surface area contributed by atoms with Gasteiger partial charge in [-0.05, 0) is 19.4 Å². The van der Waals surface area contributed by atoms with Crippen LogP contribution >= 0.6 is 0 Å². The summed E-state index contributed by atoms with van der Waals surface area (Å²) in [6, 6.07) is 6.17. The second-order valence-corrected chi connectivity index (χ2v) is 4.34. The molecule has 1 aromatic heterocycles. The van der Waals surface area contributed by atoms with Crippen LogP contribution < -0.4 is 0 Å². The van der Waals surface area contributed by atoms with E-state index in [1.807, 2.05) is 26.0 Å². The molecule has 4 heteroatoms. The van der Waals surface area contributed by atoms with Crippen LogP contribution in [0.1, 0.15) is 27.2 Å². The normalized spacial score (nSPS) is 10.5. The fraction of sp³-hybridized carbons (Fsp3) is 0.308. The highest BCUT2D eigenvalue weighted by atomic mass is 16.1. The number of ketones is 1. The number of Topliss-reactive ketones (excluding diaryl/α,β-unsaturated/α-hetero) is 1. The largest absolute Gasteiger partial charge is 0.292 e. The molecule has 1 heterocycles. The number of carbonyl (C=O) groups excluding carboxylic acids is 1. The molecule has 17 heavy (non-hydrogen) atoms. The first-order valence-electron chi connectivity index (χ1n) is 5.51. The van der Waals surface area contributed by atoms with E-state index in [1.54, 1.807) is 7.05 Å². The van der Waals surface area contributed by atoms with E-state index in [-0.39, 0.29) is 5.78 Å². The minimum absolute atomic E-state index is 0.0440. The van der Waals surface area contributed by atoms with Gasteiger partial charge in [0.05, 0.1) is 6.20 Å². The van der Waals surface area contributed by atoms with Gasteiger partial charge in [-0.1, -0.05) is 34.5 Å². The molecular weight excluding hydrogens is 214 g/mol. The number of hydrogen-bond donors (Lipinski definition) is 0. The summed E-state index contributed by atoms with van der Waals surface area (Å²) in [5.74, 6) is 0.0440. The highest BCUT2D eigenvalue weighted by Gasteiger charge is 2.11. The highest BCUT2D eigenvalue weighted by molar-refractivity contribution is 5.95. The summed E-state index contributed by atoms with van der Waals surface area (Å²) >= 11 is 0. The van der Waals surface area contributed by atoms with E-state index >= 15 is 0 Å². The third-order valence-corrected chi connectivity index (χ3v) is 2.65. The number of nitrogens with zero attached hydrogens (tertiary/aromatic N) is 3. The molecule has 0 fully saturated rings. The Morgan fingerprint density at radius 1 is 1.24 bits per heavy atom. The molecule has 2 aromatic rings. The van der Waals surface area contributed by atoms with Crippen molar-refractivity contribution in [3.63, 3.8) is 0 Å². The van der Waals surface area contributed by atoms with E-state index < -0.39 is 0 Å². The van der Waals surface area contributed by atoms with E-state index in [9.17, 15) is 4.79 Å². The quantitative estimate of drug-likeness (QED) is 0.755. The minimum Gasteiger partial charge on any atom is -0.292 e. The molecule has 0 radical (unpaired) electrons. The van der Waals surface area contributed by atoms with Gasteiger partial charge >= 0.3 is 0 Å². The number of rotatable bonds is 3. The second-order valence-electron chi connectivity index (χ2n) is 4.34. The first-order valence-corrected chi connectivity index (χ1v) is 5.51. The maximum absolute atomic E-state index is 12.0. The van der Waals surface area contributed by atoms with Gasteiger partial charge in [0, 0.05) is 13.5 Å². The van der Waals surface area contributed by atoms with Gasteiger partial charge in [-0.25, -0.2) is 4.68 Å². The van der Waals surface area contributed by atoms with Crippen molar-refractivity contribution in [2.75, 3.05) is 0 Å². The van der Waals surface area contributed by atoms with Crippen molar-refractivity contribution in [3.8, 4) is 0 Å². The van der Waals surface area contributed by atoms with Gasteiger partial charge in [-0.3, -0.25) is 4.79 Å². The molecule has 0 saturated heterocycles. The number of carbonyl (C=O) groups is 1. The van der Waals surface area contributed by atoms with Crippen molar-refractivity contribution in [2.45, 2.75) is 20.3 Å². The van der Waals surface area contributed by atoms with Crippen LogP contribution in [0.5, 0.6) is 0 Å². The summed E-state index contributed by atoms with van der Waals surface area (Å²) in [7, 11) is 1.72. The summed E-state index contributed by atoms with van der Waals surface area (Å²) in [5.41, 5.74) is 3.93. The van der Waals surface area contributed by atoms with E-state index in [0.717, 1.165) is 5.56 Å². The van der Waals surface area contributed by atoms with Crippen LogP contribution in [0.3, 0.4) is 0 Å². The lowest BCUT2D eigenvalue weighted by Crippen LogP contribution is -2.09. The third-order valence-electron chi connectivity index (χ3n) is 2.65. The predicted octanol–water partition coefficient (Wildman–Crippen LogP) is 1.86. The Morgan fingerprint density at radius 2 is 1.88 bits per heavy atom. The van der Waals surface area contributed by atoms with Crippen molar-refractivity contribution >= 4 is 5.78 Å². The van der Waals surface area contributed by atoms with E-state index in [2.05, 4.69) is 16.4 Å². The molecule has 0 unspecified atom stereocenters. The lowest BCUT2D eigenvalue weighted by molar-refractivity contribution is 0.0984. The van der Waals surface area contributed by atoms with Crippen LogP contribution in [-0.2, 0) is 13.5 Å². The molecule has 0 bridgehead atoms. The summed E-state index contributed by atoms with van der Waals surface area (Å²) in [4.78, 5) is 12.0. The minimum atomic E-state index is 0.0440. The lowest BCUT2D eigenvalue weighted by Gasteiger charge is -2.04. The Hall–Kier alpha value is -1.97. The van der Waals surface area contributed by atoms with Gasteiger partial charge < -0.3 is 0 Å². The Bertz CT molecular complexity index is 537. The Balaban J connectivity index is 2.21. The number of hydrogen-bond acceptors (Lipinski definition) is 3. The predicted molar refractivity (Wildman–Crippen MR) is 65.0 cm³/mol. The Kier molecular flexibility index (Phi) is 3.04. The SMILES string of the molecule is Cc1cc(C)cc(CC(=O)c2cnnn2C)c1. The van der Waals surface area contributed by atoms with Gasteiger partial charge in [-0.2, -0.15) is 0 Å². The van der Waals surface area contributed by atoms with Crippen molar-refractivity contribution in [1.82, 2.24) is 15.0 Å². The standard InChI is InChI=1S/C13H15N3O/c1-9-4-10(2)6-11(5-9)7-13(17)12-8-14-15-16(12)3/h4-6,8H,7H2,1-3H3. The van der Waals surface area contributed by atoms with Crippen LogP contribution in [-0.4, -0.2) is 20.8 Å². The molecule has 0 aliphatic carbocycles. The fourth-order valence-electron chi connectivity index (χ4n) is 1.99. The van der Waals surface area contributed by atoms with Crippen molar-refractivity contribution in [1.29, 1.82) is 0 Å². The van der Waals surface area contributed by atoms with Crippen molar-refractivity contribution < 1.29 is 4.79 Å². The molecule has 0 amide bonds. The maximum atomic E-state index is 12.0. The molecule has 4 nitrogen and oxygen atoms in total. The Morgan fingerprint density at radius 3 is 2.41 bits per heavy atom. The highest BCUT2D eigenvalue weighted by Crippen LogP contribution is 2.11. The van der Waals surface area contributed by atoms with Gasteiger partial charge in [-0.15, -0.1) is 5.10 Å². The Labute approximate surface area is 100 Å². The van der Waals surface area contributed by atoms with Crippen LogP contribution in [0.15, 0.2) is 24.4 Å². The zero-order chi connectivity index (χ0) is 12.4. The molecule has 0 spiro atoms. The van der Waals surface area contributed by atoms with Gasteiger partial charge in [0.25, 0.3) is 0 Å². The maximum Gasteiger partial charge on any atom is 0.186 e. The average molecular weight is 229 g/mol. The summed E-state index contributed by atoms with van der Waals surface area (Å²) < 4.78 is 1.50. The van der Waals surface area contributed by atoms with Crippen LogP contribution in [0.25, 0.3) is 0 Å². The average Bonchev–Trinajstić information content (AvgIpc) is 2.62. The molecule has 0 atom stereocenters. The van der Waals surface area contributed by atoms with Gasteiger partial charge in [0.2, 0.25) is 0 Å². The number of aryl methyl sites for hydroxylation is 3. The van der Waals surface area contributed by atoms with Crippen LogP contribution in [0.4, 0.5) is 0 Å². The molecule has 0 N–H and O–H groups in total.